The fourth-order valence-electron chi connectivity index (χ4n) is 1.05. The first-order chi connectivity index (χ1) is 7.17. The van der Waals surface area contributed by atoms with Crippen LogP contribution in [0.4, 0.5) is 0 Å². The van der Waals surface area contributed by atoms with Crippen LogP contribution in [-0.4, -0.2) is 59.1 Å². The van der Waals surface area contributed by atoms with E-state index in [9.17, 15) is 0 Å². The Morgan fingerprint density at radius 1 is 1.06 bits per heavy atom. The van der Waals surface area contributed by atoms with E-state index in [0.717, 1.165) is 5.52 Å². The van der Waals surface area contributed by atoms with Crippen molar-refractivity contribution < 1.29 is 44.6 Å². The number of pyridine rings is 1. The summed E-state index contributed by atoms with van der Waals surface area (Å²) in [6.07, 6.45) is -0.442. The smallest absolute Gasteiger partial charge is 1.00 e. The Bertz CT molecular complexity index is 406. The maximum absolute atomic E-state index is 7.74. The predicted octanol–water partition coefficient (Wildman–Crippen LogP) is 0.621. The number of hydrogen-bond donors (Lipinski definition) is 2. The molecule has 86 valence electrons. The van der Waals surface area contributed by atoms with Gasteiger partial charge in [0.1, 0.15) is 0 Å². The molecule has 2 heterocycles. The number of nitrogens with zero attached hydrogens (tertiary/aromatic N) is 1. The van der Waals surface area contributed by atoms with Crippen LogP contribution in [-0.2, 0) is 31.5 Å². The maximum atomic E-state index is 7.74. The minimum absolute atomic E-state index is 0. The number of aliphatic hydroxyl groups is 2. The molecule has 2 N–H and O–H groups in total. The van der Waals surface area contributed by atoms with Gasteiger partial charge in [-0.05, 0) is 12.1 Å². The number of rotatable bonds is 0. The molecule has 5 nitrogen and oxygen atoms in total. The third-order valence-corrected chi connectivity index (χ3v) is 1.74. The molecule has 1 fully saturated rings. The summed E-state index contributed by atoms with van der Waals surface area (Å²) >= 11 is 0. The molecule has 0 saturated carbocycles. The average Bonchev–Trinajstić information content (AvgIpc) is 2.95. The second-order valence-electron chi connectivity index (χ2n) is 2.91. The predicted molar refractivity (Wildman–Crippen MR) is 59.1 cm³/mol. The Morgan fingerprint density at radius 3 is 2.12 bits per heavy atom. The molecule has 1 aliphatic rings. The van der Waals surface area contributed by atoms with E-state index in [4.69, 9.17) is 10.2 Å². The summed E-state index contributed by atoms with van der Waals surface area (Å²) in [6.45, 7) is 0. The van der Waals surface area contributed by atoms with Crippen LogP contribution in [0.3, 0.4) is 0 Å². The second kappa shape index (κ2) is 7.79. The van der Waals surface area contributed by atoms with Crippen molar-refractivity contribution in [3.63, 3.8) is 0 Å². The van der Waals surface area contributed by atoms with Crippen LogP contribution in [0.25, 0.3) is 10.9 Å². The van der Waals surface area contributed by atoms with Crippen molar-refractivity contribution in [1.29, 1.82) is 0 Å². The molecule has 17 heavy (non-hydrogen) atoms. The number of fused-ring (bicyclic) bond motifs is 1. The fourth-order valence-corrected chi connectivity index (χ4v) is 1.05. The summed E-state index contributed by atoms with van der Waals surface area (Å²) < 4.78 is 0. The van der Waals surface area contributed by atoms with Crippen LogP contribution in [0.5, 0.6) is 0 Å². The van der Waals surface area contributed by atoms with Crippen LogP contribution >= 0.6 is 0 Å². The van der Waals surface area contributed by atoms with E-state index in [1.54, 1.807) is 0 Å². The van der Waals surface area contributed by atoms with Gasteiger partial charge in [0.05, 0.1) is 5.52 Å². The van der Waals surface area contributed by atoms with E-state index in [1.165, 1.54) is 5.39 Å². The van der Waals surface area contributed by atoms with Crippen molar-refractivity contribution in [2.75, 3.05) is 0 Å². The zero-order valence-corrected chi connectivity index (χ0v) is 12.7. The number of para-hydroxylation sites is 1. The van der Waals surface area contributed by atoms with Crippen molar-refractivity contribution in [2.45, 2.75) is 6.16 Å². The zero-order valence-electron chi connectivity index (χ0n) is 10.9. The standard InChI is InChI=1S/C9H7N.CH2O4.Ca.Ti.2H/c1-2-6-9-8(4-1)5-3-7-10-9;2-1(3)4-5-1;;;;/h1-7H;2-3H;;;;/q;;+2;;2*-1. The first kappa shape index (κ1) is 17.4. The van der Waals surface area contributed by atoms with Crippen LogP contribution < -0.4 is 0 Å². The molecule has 1 aromatic heterocycles. The van der Waals surface area contributed by atoms with Gasteiger partial charge >= 0.3 is 43.9 Å². The van der Waals surface area contributed by atoms with Crippen molar-refractivity contribution >= 4 is 48.6 Å². The molecule has 0 spiro atoms. The Labute approximate surface area is 146 Å². The van der Waals surface area contributed by atoms with E-state index in [-0.39, 0.29) is 62.3 Å². The molecule has 0 aliphatic carbocycles. The van der Waals surface area contributed by atoms with Crippen molar-refractivity contribution in [1.82, 2.24) is 4.98 Å². The molecule has 1 aliphatic heterocycles. The zero-order chi connectivity index (χ0) is 10.7. The summed E-state index contributed by atoms with van der Waals surface area (Å²) in [5, 5.41) is 16.7. The van der Waals surface area contributed by atoms with E-state index < -0.39 is 6.16 Å². The van der Waals surface area contributed by atoms with Gasteiger partial charge in [-0.2, -0.15) is 0 Å². The third-order valence-electron chi connectivity index (χ3n) is 1.74. The Kier molecular flexibility index (Phi) is 7.99. The molecule has 0 atom stereocenters. The largest absolute Gasteiger partial charge is 2.00 e. The average molecular weight is 297 g/mol. The van der Waals surface area contributed by atoms with Gasteiger partial charge < -0.3 is 13.1 Å². The van der Waals surface area contributed by atoms with E-state index in [0.29, 0.717) is 0 Å². The minimum atomic E-state index is -2.25. The minimum Gasteiger partial charge on any atom is -1.00 e. The topological polar surface area (TPSA) is 78.4 Å². The monoisotopic (exact) mass is 297 g/mol. The first-order valence-corrected chi connectivity index (χ1v) is 4.29. The molecule has 7 heteroatoms. The molecular formula is C10H11CaNO4Ti. The summed E-state index contributed by atoms with van der Waals surface area (Å²) in [4.78, 5) is 11.2. The van der Waals surface area contributed by atoms with Gasteiger partial charge in [-0.1, -0.05) is 24.3 Å². The van der Waals surface area contributed by atoms with E-state index in [1.807, 2.05) is 30.5 Å². The second-order valence-corrected chi connectivity index (χ2v) is 2.91. The number of aromatic nitrogens is 1. The quantitative estimate of drug-likeness (QED) is 0.322. The molecule has 0 unspecified atom stereocenters. The Morgan fingerprint density at radius 2 is 1.59 bits per heavy atom. The van der Waals surface area contributed by atoms with Crippen molar-refractivity contribution in [3.8, 4) is 0 Å². The molecule has 1 aromatic carbocycles. The van der Waals surface area contributed by atoms with Gasteiger partial charge in [0.15, 0.2) is 0 Å². The molecule has 0 amide bonds. The SMILES string of the molecule is OC1(O)OO1.[Ca+2].[H-].[H-].[Ti].c1ccc2ncccc2c1. The van der Waals surface area contributed by atoms with Crippen LogP contribution in [0.2, 0.25) is 0 Å². The summed E-state index contributed by atoms with van der Waals surface area (Å²) in [6, 6.07) is 12.1. The molecule has 2 aromatic rings. The maximum Gasteiger partial charge on any atom is 2.00 e. The van der Waals surface area contributed by atoms with Gasteiger partial charge in [0.25, 0.3) is 0 Å². The molecule has 1 saturated heterocycles. The summed E-state index contributed by atoms with van der Waals surface area (Å²) in [5.74, 6) is 0. The number of hydrogen-bond acceptors (Lipinski definition) is 5. The van der Waals surface area contributed by atoms with Crippen LogP contribution in [0.1, 0.15) is 2.85 Å². The summed E-state index contributed by atoms with van der Waals surface area (Å²) in [5.41, 5.74) is 1.06. The van der Waals surface area contributed by atoms with Gasteiger partial charge in [-0.15, -0.1) is 9.78 Å². The normalized spacial score (nSPS) is 14.7. The molecular weight excluding hydrogens is 286 g/mol. The summed E-state index contributed by atoms with van der Waals surface area (Å²) in [7, 11) is 0. The van der Waals surface area contributed by atoms with Gasteiger partial charge in [-0.25, -0.2) is 0 Å². The van der Waals surface area contributed by atoms with Crippen molar-refractivity contribution in [3.05, 3.63) is 42.6 Å². The van der Waals surface area contributed by atoms with E-state index in [2.05, 4.69) is 26.9 Å². The molecule has 0 radical (unpaired) electrons. The fraction of sp³-hybridized carbons (Fsp3) is 0.100. The van der Waals surface area contributed by atoms with Gasteiger partial charge in [0.2, 0.25) is 0 Å². The molecule has 3 rings (SSSR count). The van der Waals surface area contributed by atoms with Gasteiger partial charge in [0, 0.05) is 33.3 Å². The van der Waals surface area contributed by atoms with Crippen LogP contribution in [0, 0.1) is 0 Å². The Hall–Kier alpha value is 0.444. The number of benzene rings is 1. The first-order valence-electron chi connectivity index (χ1n) is 4.29. The van der Waals surface area contributed by atoms with Gasteiger partial charge in [-0.3, -0.25) is 4.98 Å². The van der Waals surface area contributed by atoms with Crippen molar-refractivity contribution in [2.24, 2.45) is 0 Å². The van der Waals surface area contributed by atoms with E-state index >= 15 is 0 Å². The molecule has 0 bridgehead atoms. The van der Waals surface area contributed by atoms with Crippen LogP contribution in [0.15, 0.2) is 42.6 Å². The Balaban J connectivity index is -0.000000253. The third kappa shape index (κ3) is 6.24.